The zero-order valence-corrected chi connectivity index (χ0v) is 23.0. The summed E-state index contributed by atoms with van der Waals surface area (Å²) in [5.41, 5.74) is 4.69. The van der Waals surface area contributed by atoms with Crippen molar-refractivity contribution in [3.8, 4) is 40.1 Å². The minimum absolute atomic E-state index is 0.0370. The SMILES string of the molecule is CCOc1ccc(-n2c(SCC(=O)N/N=C/c3cc(OC)c(O)c(OC)c3)nnc2-c2ccc(Cl)cc2)cc1. The van der Waals surface area contributed by atoms with Crippen molar-refractivity contribution in [1.82, 2.24) is 20.2 Å². The van der Waals surface area contributed by atoms with Crippen LogP contribution in [0.3, 0.4) is 0 Å². The van der Waals surface area contributed by atoms with Gasteiger partial charge in [-0.25, -0.2) is 5.43 Å². The van der Waals surface area contributed by atoms with Crippen LogP contribution in [0.5, 0.6) is 23.0 Å². The number of methoxy groups -OCH3 is 2. The molecule has 0 saturated heterocycles. The second-order valence-electron chi connectivity index (χ2n) is 7.93. The van der Waals surface area contributed by atoms with Crippen molar-refractivity contribution in [3.63, 3.8) is 0 Å². The lowest BCUT2D eigenvalue weighted by molar-refractivity contribution is -0.118. The van der Waals surface area contributed by atoms with Crippen LogP contribution in [0.4, 0.5) is 0 Å². The number of nitrogens with one attached hydrogen (secondary N) is 1. The predicted molar refractivity (Wildman–Crippen MR) is 151 cm³/mol. The number of benzene rings is 3. The normalized spacial score (nSPS) is 11.0. The monoisotopic (exact) mass is 567 g/mol. The largest absolute Gasteiger partial charge is 0.502 e. The van der Waals surface area contributed by atoms with Gasteiger partial charge in [0.1, 0.15) is 5.75 Å². The standard InChI is InChI=1S/C27H26ClN5O5S/c1-4-38-21-11-9-20(10-12-21)33-26(18-5-7-19(28)8-6-18)31-32-27(33)39-16-24(34)30-29-15-17-13-22(36-2)25(35)23(14-17)37-3/h5-15,35H,4,16H2,1-3H3,(H,30,34)/b29-15+. The van der Waals surface area contributed by atoms with E-state index in [1.54, 1.807) is 24.3 Å². The molecule has 0 spiro atoms. The van der Waals surface area contributed by atoms with Crippen molar-refractivity contribution < 1.29 is 24.1 Å². The number of carbonyl (C=O) groups excluding carboxylic acids is 1. The lowest BCUT2D eigenvalue weighted by Gasteiger charge is -2.11. The molecule has 202 valence electrons. The molecule has 2 N–H and O–H groups in total. The summed E-state index contributed by atoms with van der Waals surface area (Å²) >= 11 is 7.29. The molecule has 0 aliphatic rings. The van der Waals surface area contributed by atoms with Gasteiger partial charge in [-0.15, -0.1) is 10.2 Å². The summed E-state index contributed by atoms with van der Waals surface area (Å²) in [5, 5.41) is 23.9. The van der Waals surface area contributed by atoms with Crippen LogP contribution in [0.15, 0.2) is 70.9 Å². The highest BCUT2D eigenvalue weighted by molar-refractivity contribution is 7.99. The Morgan fingerprint density at radius 3 is 2.36 bits per heavy atom. The summed E-state index contributed by atoms with van der Waals surface area (Å²) in [6.07, 6.45) is 1.42. The maximum Gasteiger partial charge on any atom is 0.250 e. The zero-order chi connectivity index (χ0) is 27.8. The van der Waals surface area contributed by atoms with Gasteiger partial charge in [-0.05, 0) is 67.6 Å². The average Bonchev–Trinajstić information content (AvgIpc) is 3.37. The van der Waals surface area contributed by atoms with Gasteiger partial charge in [0.05, 0.1) is 32.8 Å². The lowest BCUT2D eigenvalue weighted by atomic mass is 10.2. The number of halogens is 1. The van der Waals surface area contributed by atoms with E-state index in [0.29, 0.717) is 28.2 Å². The minimum atomic E-state index is -0.344. The van der Waals surface area contributed by atoms with E-state index in [1.807, 2.05) is 47.9 Å². The molecule has 3 aromatic carbocycles. The Morgan fingerprint density at radius 2 is 1.74 bits per heavy atom. The molecule has 0 aliphatic carbocycles. The Bertz CT molecular complexity index is 1430. The van der Waals surface area contributed by atoms with Gasteiger partial charge in [0.25, 0.3) is 5.91 Å². The number of phenols is 1. The van der Waals surface area contributed by atoms with Gasteiger partial charge < -0.3 is 19.3 Å². The highest BCUT2D eigenvalue weighted by Crippen LogP contribution is 2.36. The average molecular weight is 568 g/mol. The van der Waals surface area contributed by atoms with E-state index < -0.39 is 0 Å². The molecule has 1 amide bonds. The zero-order valence-electron chi connectivity index (χ0n) is 21.4. The first-order valence-electron chi connectivity index (χ1n) is 11.8. The number of hydrogen-bond acceptors (Lipinski definition) is 9. The number of phenolic OH excluding ortho intramolecular Hbond substituents is 1. The fourth-order valence-corrected chi connectivity index (χ4v) is 4.44. The number of aromatic hydroxyl groups is 1. The Morgan fingerprint density at radius 1 is 1.08 bits per heavy atom. The molecule has 0 bridgehead atoms. The number of hydrogen-bond donors (Lipinski definition) is 2. The van der Waals surface area contributed by atoms with Crippen LogP contribution in [0, 0.1) is 0 Å². The van der Waals surface area contributed by atoms with Crippen molar-refractivity contribution in [3.05, 3.63) is 71.2 Å². The molecule has 0 saturated carbocycles. The van der Waals surface area contributed by atoms with E-state index in [2.05, 4.69) is 20.7 Å². The molecule has 0 aliphatic heterocycles. The maximum atomic E-state index is 12.6. The molecule has 12 heteroatoms. The smallest absolute Gasteiger partial charge is 0.250 e. The minimum Gasteiger partial charge on any atom is -0.502 e. The number of hydrazone groups is 1. The third-order valence-electron chi connectivity index (χ3n) is 5.38. The van der Waals surface area contributed by atoms with Crippen LogP contribution in [-0.2, 0) is 4.79 Å². The molecule has 1 aromatic heterocycles. The molecular weight excluding hydrogens is 542 g/mol. The van der Waals surface area contributed by atoms with E-state index in [4.69, 9.17) is 25.8 Å². The Balaban J connectivity index is 1.50. The van der Waals surface area contributed by atoms with E-state index in [1.165, 1.54) is 32.2 Å². The van der Waals surface area contributed by atoms with Gasteiger partial charge in [0.15, 0.2) is 22.5 Å². The lowest BCUT2D eigenvalue weighted by Crippen LogP contribution is -2.20. The summed E-state index contributed by atoms with van der Waals surface area (Å²) < 4.78 is 17.7. The van der Waals surface area contributed by atoms with Crippen molar-refractivity contribution in [2.45, 2.75) is 12.1 Å². The van der Waals surface area contributed by atoms with Crippen LogP contribution in [0.2, 0.25) is 5.02 Å². The fourth-order valence-electron chi connectivity index (χ4n) is 3.57. The van der Waals surface area contributed by atoms with Gasteiger partial charge in [-0.3, -0.25) is 9.36 Å². The molecule has 1 heterocycles. The molecule has 0 atom stereocenters. The van der Waals surface area contributed by atoms with Crippen molar-refractivity contribution in [1.29, 1.82) is 0 Å². The van der Waals surface area contributed by atoms with Gasteiger partial charge in [0, 0.05) is 21.8 Å². The molecule has 0 unspecified atom stereocenters. The second-order valence-corrected chi connectivity index (χ2v) is 9.31. The van der Waals surface area contributed by atoms with Gasteiger partial charge in [-0.1, -0.05) is 23.4 Å². The Labute approximate surface area is 234 Å². The van der Waals surface area contributed by atoms with Crippen LogP contribution in [0.1, 0.15) is 12.5 Å². The predicted octanol–water partition coefficient (Wildman–Crippen LogP) is 4.95. The third kappa shape index (κ3) is 6.81. The summed E-state index contributed by atoms with van der Waals surface area (Å²) in [4.78, 5) is 12.6. The summed E-state index contributed by atoms with van der Waals surface area (Å²) in [7, 11) is 2.86. The van der Waals surface area contributed by atoms with Crippen molar-refractivity contribution in [2.24, 2.45) is 5.10 Å². The number of aromatic nitrogens is 3. The number of carbonyl (C=O) groups is 1. The number of thioether (sulfide) groups is 1. The molecular formula is C27H26ClN5O5S. The van der Waals surface area contributed by atoms with Gasteiger partial charge >= 0.3 is 0 Å². The first-order valence-corrected chi connectivity index (χ1v) is 13.1. The maximum absolute atomic E-state index is 12.6. The number of rotatable bonds is 11. The summed E-state index contributed by atoms with van der Waals surface area (Å²) in [6.45, 7) is 2.49. The number of amides is 1. The molecule has 0 radical (unpaired) electrons. The van der Waals surface area contributed by atoms with E-state index in [9.17, 15) is 9.90 Å². The van der Waals surface area contributed by atoms with Crippen LogP contribution in [-0.4, -0.2) is 58.6 Å². The fraction of sp³-hybridized carbons (Fsp3) is 0.185. The second kappa shape index (κ2) is 13.0. The molecule has 0 fully saturated rings. The quantitative estimate of drug-likeness (QED) is 0.148. The van der Waals surface area contributed by atoms with E-state index in [0.717, 1.165) is 17.0 Å². The Hall–Kier alpha value is -4.22. The van der Waals surface area contributed by atoms with Crippen LogP contribution < -0.4 is 19.6 Å². The first-order chi connectivity index (χ1) is 18.9. The van der Waals surface area contributed by atoms with Gasteiger partial charge in [-0.2, -0.15) is 5.10 Å². The van der Waals surface area contributed by atoms with E-state index >= 15 is 0 Å². The third-order valence-corrected chi connectivity index (χ3v) is 6.56. The highest BCUT2D eigenvalue weighted by atomic mass is 35.5. The summed E-state index contributed by atoms with van der Waals surface area (Å²) in [5.74, 6) is 1.38. The van der Waals surface area contributed by atoms with Crippen molar-refractivity contribution in [2.75, 3.05) is 26.6 Å². The highest BCUT2D eigenvalue weighted by Gasteiger charge is 2.18. The number of ether oxygens (including phenoxy) is 3. The molecule has 4 rings (SSSR count). The Kier molecular flexibility index (Phi) is 9.29. The van der Waals surface area contributed by atoms with Gasteiger partial charge in [0.2, 0.25) is 5.75 Å². The van der Waals surface area contributed by atoms with Crippen LogP contribution >= 0.6 is 23.4 Å². The van der Waals surface area contributed by atoms with Crippen LogP contribution in [0.25, 0.3) is 17.1 Å². The summed E-state index contributed by atoms with van der Waals surface area (Å²) in [6, 6.07) is 18.0. The molecule has 10 nitrogen and oxygen atoms in total. The molecule has 4 aromatic rings. The van der Waals surface area contributed by atoms with Crippen molar-refractivity contribution >= 4 is 35.5 Å². The number of nitrogens with zero attached hydrogens (tertiary/aromatic N) is 4. The molecule has 39 heavy (non-hydrogen) atoms. The first kappa shape index (κ1) is 27.8. The topological polar surface area (TPSA) is 120 Å². The van der Waals surface area contributed by atoms with E-state index in [-0.39, 0.29) is 28.9 Å².